The largest absolute Gasteiger partial charge is 0.493 e. The van der Waals surface area contributed by atoms with Crippen LogP contribution in [0, 0.1) is 0 Å². The van der Waals surface area contributed by atoms with E-state index in [9.17, 15) is 5.11 Å². The molecule has 0 heterocycles. The molecule has 0 bridgehead atoms. The van der Waals surface area contributed by atoms with Crippen molar-refractivity contribution >= 4 is 0 Å². The highest BCUT2D eigenvalue weighted by atomic mass is 16.5. The van der Waals surface area contributed by atoms with Crippen molar-refractivity contribution in [3.05, 3.63) is 49.1 Å². The standard InChI is InChI=1S/C18H27NO4/c1-5-9-19(10-6-2)12-16(20)14-23-13-15-7-8-17(21-3)18(11-15)22-4/h5-8,11,16,20H,1-2,9-10,12-14H2,3-4H3/t16-/m1/s1. The Morgan fingerprint density at radius 2 is 1.78 bits per heavy atom. The minimum absolute atomic E-state index is 0.263. The van der Waals surface area contributed by atoms with Crippen molar-refractivity contribution in [1.29, 1.82) is 0 Å². The zero-order valence-electron chi connectivity index (χ0n) is 14.0. The summed E-state index contributed by atoms with van der Waals surface area (Å²) in [6, 6.07) is 5.62. The lowest BCUT2D eigenvalue weighted by atomic mass is 10.2. The van der Waals surface area contributed by atoms with E-state index in [2.05, 4.69) is 13.2 Å². The number of methoxy groups -OCH3 is 2. The number of aliphatic hydroxyl groups is 1. The van der Waals surface area contributed by atoms with Gasteiger partial charge in [-0.25, -0.2) is 0 Å². The summed E-state index contributed by atoms with van der Waals surface area (Å²) in [5.41, 5.74) is 0.962. The molecule has 0 fully saturated rings. The van der Waals surface area contributed by atoms with E-state index in [1.165, 1.54) is 0 Å². The molecule has 0 aliphatic carbocycles. The molecule has 0 aromatic heterocycles. The molecule has 1 rings (SSSR count). The van der Waals surface area contributed by atoms with Crippen LogP contribution in [0.1, 0.15) is 5.56 Å². The Morgan fingerprint density at radius 1 is 1.13 bits per heavy atom. The van der Waals surface area contributed by atoms with E-state index >= 15 is 0 Å². The summed E-state index contributed by atoms with van der Waals surface area (Å²) in [5, 5.41) is 10.1. The number of hydrogen-bond acceptors (Lipinski definition) is 5. The van der Waals surface area contributed by atoms with Crippen LogP contribution in [0.25, 0.3) is 0 Å². The molecule has 1 atom stereocenters. The predicted octanol–water partition coefficient (Wildman–Crippen LogP) is 2.26. The zero-order valence-corrected chi connectivity index (χ0v) is 14.0. The van der Waals surface area contributed by atoms with Crippen LogP contribution in [-0.2, 0) is 11.3 Å². The molecule has 0 unspecified atom stereocenters. The zero-order chi connectivity index (χ0) is 17.1. The molecule has 0 aliphatic rings. The third-order valence-corrected chi connectivity index (χ3v) is 3.27. The van der Waals surface area contributed by atoms with E-state index in [0.29, 0.717) is 37.7 Å². The van der Waals surface area contributed by atoms with Gasteiger partial charge in [0.15, 0.2) is 11.5 Å². The van der Waals surface area contributed by atoms with Crippen LogP contribution in [0.15, 0.2) is 43.5 Å². The maximum absolute atomic E-state index is 10.1. The minimum Gasteiger partial charge on any atom is -0.493 e. The van der Waals surface area contributed by atoms with E-state index in [1.54, 1.807) is 26.4 Å². The number of nitrogens with zero attached hydrogens (tertiary/aromatic N) is 1. The maximum atomic E-state index is 10.1. The van der Waals surface area contributed by atoms with E-state index in [0.717, 1.165) is 5.56 Å². The summed E-state index contributed by atoms with van der Waals surface area (Å²) in [4.78, 5) is 2.05. The number of benzene rings is 1. The van der Waals surface area contributed by atoms with Crippen molar-refractivity contribution in [3.63, 3.8) is 0 Å². The van der Waals surface area contributed by atoms with Crippen LogP contribution in [0.4, 0.5) is 0 Å². The van der Waals surface area contributed by atoms with Crippen LogP contribution >= 0.6 is 0 Å². The first kappa shape index (κ1) is 19.2. The lowest BCUT2D eigenvalue weighted by Gasteiger charge is -2.22. The van der Waals surface area contributed by atoms with E-state index in [4.69, 9.17) is 14.2 Å². The second-order valence-electron chi connectivity index (χ2n) is 5.15. The Morgan fingerprint density at radius 3 is 2.35 bits per heavy atom. The highest BCUT2D eigenvalue weighted by Gasteiger charge is 2.10. The molecule has 5 heteroatoms. The van der Waals surface area contributed by atoms with Gasteiger partial charge in [0.05, 0.1) is 33.5 Å². The van der Waals surface area contributed by atoms with E-state index in [-0.39, 0.29) is 6.61 Å². The number of rotatable bonds is 12. The Balaban J connectivity index is 2.43. The smallest absolute Gasteiger partial charge is 0.161 e. The summed E-state index contributed by atoms with van der Waals surface area (Å²) < 4.78 is 16.0. The topological polar surface area (TPSA) is 51.2 Å². The van der Waals surface area contributed by atoms with Gasteiger partial charge in [-0.1, -0.05) is 18.2 Å². The third kappa shape index (κ3) is 6.86. The molecule has 23 heavy (non-hydrogen) atoms. The number of aliphatic hydroxyl groups excluding tert-OH is 1. The van der Waals surface area contributed by atoms with Crippen molar-refractivity contribution in [2.75, 3.05) is 40.5 Å². The molecule has 0 radical (unpaired) electrons. The van der Waals surface area contributed by atoms with Crippen molar-refractivity contribution in [3.8, 4) is 11.5 Å². The predicted molar refractivity (Wildman–Crippen MR) is 92.0 cm³/mol. The molecule has 0 spiro atoms. The van der Waals surface area contributed by atoms with Crippen molar-refractivity contribution < 1.29 is 19.3 Å². The van der Waals surface area contributed by atoms with Gasteiger partial charge in [0, 0.05) is 19.6 Å². The van der Waals surface area contributed by atoms with Gasteiger partial charge in [0.1, 0.15) is 0 Å². The maximum Gasteiger partial charge on any atom is 0.161 e. The molecular formula is C18H27NO4. The fourth-order valence-corrected chi connectivity index (χ4v) is 2.22. The molecule has 1 aromatic carbocycles. The third-order valence-electron chi connectivity index (χ3n) is 3.27. The van der Waals surface area contributed by atoms with Gasteiger partial charge in [0.25, 0.3) is 0 Å². The molecule has 0 amide bonds. The Bertz CT molecular complexity index is 480. The molecule has 1 aromatic rings. The highest BCUT2D eigenvalue weighted by molar-refractivity contribution is 5.42. The Hall–Kier alpha value is -1.82. The van der Waals surface area contributed by atoms with Crippen LogP contribution < -0.4 is 9.47 Å². The molecule has 128 valence electrons. The quantitative estimate of drug-likeness (QED) is 0.599. The fraction of sp³-hybridized carbons (Fsp3) is 0.444. The Kier molecular flexibility index (Phi) is 9.05. The van der Waals surface area contributed by atoms with Crippen LogP contribution in [0.3, 0.4) is 0 Å². The lowest BCUT2D eigenvalue weighted by Crippen LogP contribution is -2.35. The minimum atomic E-state index is -0.560. The fourth-order valence-electron chi connectivity index (χ4n) is 2.22. The van der Waals surface area contributed by atoms with E-state index < -0.39 is 6.10 Å². The van der Waals surface area contributed by atoms with Crippen LogP contribution in [-0.4, -0.2) is 56.6 Å². The first-order valence-electron chi connectivity index (χ1n) is 7.55. The van der Waals surface area contributed by atoms with Crippen LogP contribution in [0.2, 0.25) is 0 Å². The molecule has 0 aliphatic heterocycles. The number of hydrogen-bond donors (Lipinski definition) is 1. The second kappa shape index (κ2) is 10.8. The number of ether oxygens (including phenoxy) is 3. The van der Waals surface area contributed by atoms with Gasteiger partial charge in [-0.2, -0.15) is 0 Å². The average molecular weight is 321 g/mol. The van der Waals surface area contributed by atoms with Gasteiger partial charge in [0.2, 0.25) is 0 Å². The van der Waals surface area contributed by atoms with Gasteiger partial charge in [-0.3, -0.25) is 4.90 Å². The molecule has 0 saturated heterocycles. The monoisotopic (exact) mass is 321 g/mol. The molecule has 0 saturated carbocycles. The average Bonchev–Trinajstić information content (AvgIpc) is 2.55. The summed E-state index contributed by atoms with van der Waals surface area (Å²) in [6.45, 7) is 10.0. The van der Waals surface area contributed by atoms with Crippen molar-refractivity contribution in [2.45, 2.75) is 12.7 Å². The second-order valence-corrected chi connectivity index (χ2v) is 5.15. The first-order chi connectivity index (χ1) is 11.1. The van der Waals surface area contributed by atoms with Gasteiger partial charge >= 0.3 is 0 Å². The summed E-state index contributed by atoms with van der Waals surface area (Å²) >= 11 is 0. The van der Waals surface area contributed by atoms with E-state index in [1.807, 2.05) is 23.1 Å². The summed E-state index contributed by atoms with van der Waals surface area (Å²) in [5.74, 6) is 1.35. The molecular weight excluding hydrogens is 294 g/mol. The Labute approximate surface area is 138 Å². The highest BCUT2D eigenvalue weighted by Crippen LogP contribution is 2.27. The molecule has 5 nitrogen and oxygen atoms in total. The SMILES string of the molecule is C=CCN(CC=C)C[C@@H](O)COCc1ccc(OC)c(OC)c1. The van der Waals surface area contributed by atoms with Crippen LogP contribution in [0.5, 0.6) is 11.5 Å². The van der Waals surface area contributed by atoms with Crippen molar-refractivity contribution in [1.82, 2.24) is 4.90 Å². The lowest BCUT2D eigenvalue weighted by molar-refractivity contribution is 0.0132. The van der Waals surface area contributed by atoms with Gasteiger partial charge < -0.3 is 19.3 Å². The summed E-state index contributed by atoms with van der Waals surface area (Å²) in [7, 11) is 3.20. The first-order valence-corrected chi connectivity index (χ1v) is 7.55. The van der Waals surface area contributed by atoms with Crippen molar-refractivity contribution in [2.24, 2.45) is 0 Å². The normalized spacial score (nSPS) is 12.0. The summed E-state index contributed by atoms with van der Waals surface area (Å²) in [6.07, 6.45) is 3.05. The van der Waals surface area contributed by atoms with Gasteiger partial charge in [-0.15, -0.1) is 13.2 Å². The van der Waals surface area contributed by atoms with Gasteiger partial charge in [-0.05, 0) is 17.7 Å². The molecule has 1 N–H and O–H groups in total.